The third kappa shape index (κ3) is 5.21. The summed E-state index contributed by atoms with van der Waals surface area (Å²) in [7, 11) is 0. The number of pyridine rings is 2. The van der Waals surface area contributed by atoms with Crippen molar-refractivity contribution in [1.29, 1.82) is 5.26 Å². The third-order valence-corrected chi connectivity index (χ3v) is 8.79. The van der Waals surface area contributed by atoms with E-state index in [1.54, 1.807) is 12.3 Å². The molecule has 8 heteroatoms. The van der Waals surface area contributed by atoms with Crippen molar-refractivity contribution in [2.75, 3.05) is 44.2 Å². The molecule has 1 N–H and O–H groups in total. The molecule has 39 heavy (non-hydrogen) atoms. The Kier molecular flexibility index (Phi) is 7.44. The van der Waals surface area contributed by atoms with Crippen LogP contribution in [0, 0.1) is 11.3 Å². The number of nitrogens with one attached hydrogen (secondary N) is 1. The van der Waals surface area contributed by atoms with Gasteiger partial charge < -0.3 is 15.0 Å². The molecule has 3 aliphatic rings. The summed E-state index contributed by atoms with van der Waals surface area (Å²) in [6.45, 7) is 8.38. The van der Waals surface area contributed by atoms with Gasteiger partial charge in [-0.15, -0.1) is 0 Å². The molecule has 0 saturated carbocycles. The normalized spacial score (nSPS) is 20.5. The molecule has 7 nitrogen and oxygen atoms in total. The van der Waals surface area contributed by atoms with Gasteiger partial charge in [-0.3, -0.25) is 9.88 Å². The molecule has 2 fully saturated rings. The van der Waals surface area contributed by atoms with Crippen molar-refractivity contribution >= 4 is 17.3 Å². The Morgan fingerprint density at radius 1 is 1.21 bits per heavy atom. The van der Waals surface area contributed by atoms with E-state index in [2.05, 4.69) is 38.3 Å². The molecular weight excluding hydrogens is 508 g/mol. The minimum Gasteiger partial charge on any atom is -0.477 e. The Labute approximate surface area is 235 Å². The molecule has 5 heterocycles. The van der Waals surface area contributed by atoms with E-state index >= 15 is 0 Å². The van der Waals surface area contributed by atoms with Crippen molar-refractivity contribution in [3.63, 3.8) is 0 Å². The molecule has 0 aliphatic carbocycles. The van der Waals surface area contributed by atoms with Gasteiger partial charge >= 0.3 is 0 Å². The number of benzene rings is 1. The topological polar surface area (TPSA) is 77.3 Å². The predicted octanol–water partition coefficient (Wildman–Crippen LogP) is 5.17. The molecule has 3 aromatic rings. The van der Waals surface area contributed by atoms with E-state index in [1.165, 1.54) is 24.1 Å². The molecule has 1 atom stereocenters. The summed E-state index contributed by atoms with van der Waals surface area (Å²) in [6.07, 6.45) is 6.28. The number of hydrogen-bond donors (Lipinski definition) is 1. The maximum absolute atomic E-state index is 9.72. The van der Waals surface area contributed by atoms with Gasteiger partial charge in [-0.05, 0) is 81.1 Å². The van der Waals surface area contributed by atoms with E-state index in [1.807, 2.05) is 31.2 Å². The van der Waals surface area contributed by atoms with Crippen LogP contribution in [0.5, 0.6) is 5.88 Å². The maximum atomic E-state index is 9.72. The number of anilines is 1. The molecule has 0 amide bonds. The fourth-order valence-electron chi connectivity index (χ4n) is 6.70. The summed E-state index contributed by atoms with van der Waals surface area (Å²) in [4.78, 5) is 14.7. The molecule has 202 valence electrons. The fourth-order valence-corrected chi connectivity index (χ4v) is 6.88. The molecule has 2 aromatic heterocycles. The second kappa shape index (κ2) is 11.1. The second-order valence-electron chi connectivity index (χ2n) is 11.0. The number of aromatic nitrogens is 2. The smallest absolute Gasteiger partial charge is 0.222 e. The first kappa shape index (κ1) is 26.1. The van der Waals surface area contributed by atoms with Crippen LogP contribution in [0.15, 0.2) is 48.7 Å². The van der Waals surface area contributed by atoms with Crippen molar-refractivity contribution in [1.82, 2.24) is 20.2 Å². The number of nitrogens with zero attached hydrogens (tertiary/aromatic N) is 5. The van der Waals surface area contributed by atoms with Gasteiger partial charge in [0.25, 0.3) is 0 Å². The van der Waals surface area contributed by atoms with Gasteiger partial charge in [-0.1, -0.05) is 17.7 Å². The van der Waals surface area contributed by atoms with Gasteiger partial charge in [0.2, 0.25) is 5.88 Å². The highest BCUT2D eigenvalue weighted by atomic mass is 35.5. The van der Waals surface area contributed by atoms with Crippen molar-refractivity contribution in [2.45, 2.75) is 50.6 Å². The van der Waals surface area contributed by atoms with Crippen LogP contribution in [0.3, 0.4) is 0 Å². The number of nitriles is 1. The minimum atomic E-state index is 0.0329. The minimum absolute atomic E-state index is 0.0329. The van der Waals surface area contributed by atoms with Gasteiger partial charge in [0.15, 0.2) is 0 Å². The zero-order chi connectivity index (χ0) is 26.8. The lowest BCUT2D eigenvalue weighted by atomic mass is 9.69. The average molecular weight is 543 g/mol. The first-order chi connectivity index (χ1) is 19.1. The van der Waals surface area contributed by atoms with Crippen molar-refractivity contribution in [3.8, 4) is 23.2 Å². The molecular formula is C31H35ClN6O. The lowest BCUT2D eigenvalue weighted by molar-refractivity contribution is 0.140. The number of fused-ring (bicyclic) bond motifs is 2. The van der Waals surface area contributed by atoms with Crippen LogP contribution in [0.2, 0.25) is 5.02 Å². The van der Waals surface area contributed by atoms with Crippen LogP contribution in [0.25, 0.3) is 11.3 Å². The number of piperidine rings is 1. The van der Waals surface area contributed by atoms with Crippen LogP contribution in [-0.2, 0) is 12.0 Å². The first-order valence-corrected chi connectivity index (χ1v) is 14.5. The highest BCUT2D eigenvalue weighted by Gasteiger charge is 2.43. The zero-order valence-corrected chi connectivity index (χ0v) is 23.3. The van der Waals surface area contributed by atoms with E-state index < -0.39 is 0 Å². The van der Waals surface area contributed by atoms with Gasteiger partial charge in [-0.25, -0.2) is 4.98 Å². The summed E-state index contributed by atoms with van der Waals surface area (Å²) < 4.78 is 5.83. The number of hydrogen-bond acceptors (Lipinski definition) is 7. The largest absolute Gasteiger partial charge is 0.477 e. The van der Waals surface area contributed by atoms with Crippen LogP contribution < -0.4 is 15.0 Å². The van der Waals surface area contributed by atoms with E-state index in [-0.39, 0.29) is 5.41 Å². The maximum Gasteiger partial charge on any atom is 0.222 e. The summed E-state index contributed by atoms with van der Waals surface area (Å²) >= 11 is 6.18. The predicted molar refractivity (Wildman–Crippen MR) is 154 cm³/mol. The SMILES string of the molecule is CCOc1ncccc1-c1ccc2c(n1)CN(C[C@H]1CCCN1)CC21CCN(c2ccc(Cl)cc2C#N)CC1. The molecule has 3 aliphatic heterocycles. The van der Waals surface area contributed by atoms with Crippen LogP contribution in [0.1, 0.15) is 49.4 Å². The van der Waals surface area contributed by atoms with Crippen molar-refractivity contribution < 1.29 is 4.74 Å². The molecule has 2 saturated heterocycles. The Bertz CT molecular complexity index is 1370. The van der Waals surface area contributed by atoms with Crippen molar-refractivity contribution in [2.24, 2.45) is 0 Å². The zero-order valence-electron chi connectivity index (χ0n) is 22.5. The Morgan fingerprint density at radius 2 is 2.08 bits per heavy atom. The fraction of sp³-hybridized carbons (Fsp3) is 0.452. The quantitative estimate of drug-likeness (QED) is 0.460. The van der Waals surface area contributed by atoms with E-state index in [9.17, 15) is 5.26 Å². The molecule has 0 radical (unpaired) electrons. The summed E-state index contributed by atoms with van der Waals surface area (Å²) in [6, 6.07) is 17.0. The van der Waals surface area contributed by atoms with E-state index in [0.29, 0.717) is 29.1 Å². The molecule has 1 spiro atoms. The standard InChI is InChI=1S/C31H35ClN6O/c1-2-39-30-25(6-4-14-35-30)27-9-8-26-28(36-27)20-37(19-24-5-3-13-34-24)21-31(26)11-15-38(16-12-31)29-10-7-23(32)17-22(29)18-33/h4,6-10,14,17,24,34H,2-3,5,11-13,15-16,19-21H2,1H3/t24-/m1/s1. The highest BCUT2D eigenvalue weighted by molar-refractivity contribution is 6.30. The van der Waals surface area contributed by atoms with E-state index in [0.717, 1.165) is 69.1 Å². The molecule has 1 aromatic carbocycles. The number of halogens is 1. The lowest BCUT2D eigenvalue weighted by Gasteiger charge is -2.49. The molecule has 6 rings (SSSR count). The number of ether oxygens (including phenoxy) is 1. The van der Waals surface area contributed by atoms with Gasteiger partial charge in [-0.2, -0.15) is 5.26 Å². The Balaban J connectivity index is 1.32. The van der Waals surface area contributed by atoms with E-state index in [4.69, 9.17) is 21.3 Å². The van der Waals surface area contributed by atoms with Gasteiger partial charge in [0.05, 0.1) is 34.8 Å². The summed E-state index contributed by atoms with van der Waals surface area (Å²) in [5, 5.41) is 14.0. The highest BCUT2D eigenvalue weighted by Crippen LogP contribution is 2.43. The first-order valence-electron chi connectivity index (χ1n) is 14.1. The van der Waals surface area contributed by atoms with Crippen LogP contribution >= 0.6 is 11.6 Å². The molecule has 0 unspecified atom stereocenters. The summed E-state index contributed by atoms with van der Waals surface area (Å²) in [5.74, 6) is 0.634. The number of rotatable bonds is 6. The Morgan fingerprint density at radius 3 is 2.85 bits per heavy atom. The monoisotopic (exact) mass is 542 g/mol. The third-order valence-electron chi connectivity index (χ3n) is 8.55. The Hall–Kier alpha value is -3.18. The summed E-state index contributed by atoms with van der Waals surface area (Å²) in [5.41, 5.74) is 6.05. The lowest BCUT2D eigenvalue weighted by Crippen LogP contribution is -2.54. The van der Waals surface area contributed by atoms with Gasteiger partial charge in [0.1, 0.15) is 6.07 Å². The van der Waals surface area contributed by atoms with Gasteiger partial charge in [0, 0.05) is 55.4 Å². The average Bonchev–Trinajstić information content (AvgIpc) is 3.47. The van der Waals surface area contributed by atoms with Crippen LogP contribution in [-0.4, -0.2) is 60.2 Å². The second-order valence-corrected chi connectivity index (χ2v) is 11.4. The molecule has 0 bridgehead atoms. The van der Waals surface area contributed by atoms with Crippen LogP contribution in [0.4, 0.5) is 5.69 Å². The van der Waals surface area contributed by atoms with Crippen molar-refractivity contribution in [3.05, 3.63) is 70.5 Å².